The number of carbonyl (C=O) groups is 3. The Morgan fingerprint density at radius 1 is 1.27 bits per heavy atom. The Morgan fingerprint density at radius 2 is 2.12 bits per heavy atom. The van der Waals surface area contributed by atoms with Crippen molar-refractivity contribution in [2.75, 3.05) is 0 Å². The maximum Gasteiger partial charge on any atom is 0.249 e. The standard InChI is InChI=1S/C20H19N3O3/c1-12(24)4-5-13-6-7-16-15(11-13)14-3-2-10-21-19(14)23(16)17-8-9-18(25)22-20(17)26/h2-3,6-7,10-11,17H,4-5,8-9H2,1H3,(H,22,25,26). The Hall–Kier alpha value is -3.02. The number of Topliss-reactive ketones (excluding diaryl/α,β-unsaturated/α-hetero) is 1. The zero-order valence-electron chi connectivity index (χ0n) is 14.5. The van der Waals surface area contributed by atoms with Crippen LogP contribution in [0, 0.1) is 0 Å². The normalized spacial score (nSPS) is 17.7. The van der Waals surface area contributed by atoms with E-state index in [1.165, 1.54) is 0 Å². The number of aromatic nitrogens is 2. The number of aryl methyl sites for hydroxylation is 1. The predicted molar refractivity (Wildman–Crippen MR) is 97.7 cm³/mol. The minimum atomic E-state index is -0.453. The van der Waals surface area contributed by atoms with Gasteiger partial charge in [0.2, 0.25) is 11.8 Å². The summed E-state index contributed by atoms with van der Waals surface area (Å²) in [7, 11) is 0. The molecule has 26 heavy (non-hydrogen) atoms. The van der Waals surface area contributed by atoms with E-state index in [4.69, 9.17) is 0 Å². The molecule has 0 aliphatic carbocycles. The Kier molecular flexibility index (Phi) is 4.03. The van der Waals surface area contributed by atoms with Crippen molar-refractivity contribution in [3.05, 3.63) is 42.1 Å². The second-order valence-corrected chi connectivity index (χ2v) is 6.76. The number of imide groups is 1. The van der Waals surface area contributed by atoms with Gasteiger partial charge in [-0.2, -0.15) is 0 Å². The van der Waals surface area contributed by atoms with Gasteiger partial charge in [0, 0.05) is 29.8 Å². The fourth-order valence-electron chi connectivity index (χ4n) is 3.64. The summed E-state index contributed by atoms with van der Waals surface area (Å²) < 4.78 is 1.93. The van der Waals surface area contributed by atoms with Gasteiger partial charge in [-0.05, 0) is 49.6 Å². The smallest absolute Gasteiger partial charge is 0.249 e. The van der Waals surface area contributed by atoms with Crippen molar-refractivity contribution in [2.24, 2.45) is 0 Å². The lowest BCUT2D eigenvalue weighted by atomic mass is 10.0. The molecule has 4 rings (SSSR count). The molecule has 2 amide bonds. The average Bonchev–Trinajstić information content (AvgIpc) is 2.94. The van der Waals surface area contributed by atoms with Crippen LogP contribution in [0.5, 0.6) is 0 Å². The van der Waals surface area contributed by atoms with Crippen LogP contribution in [0.25, 0.3) is 21.9 Å². The van der Waals surface area contributed by atoms with Gasteiger partial charge in [0.25, 0.3) is 0 Å². The monoisotopic (exact) mass is 349 g/mol. The van der Waals surface area contributed by atoms with Crippen molar-refractivity contribution >= 4 is 39.5 Å². The number of benzene rings is 1. The Balaban J connectivity index is 1.87. The molecule has 1 aromatic carbocycles. The quantitative estimate of drug-likeness (QED) is 0.734. The predicted octanol–water partition coefficient (Wildman–Crippen LogP) is 2.69. The van der Waals surface area contributed by atoms with Crippen molar-refractivity contribution in [2.45, 2.75) is 38.6 Å². The van der Waals surface area contributed by atoms with Gasteiger partial charge in [-0.25, -0.2) is 4.98 Å². The second kappa shape index (κ2) is 6.37. The van der Waals surface area contributed by atoms with Gasteiger partial charge in [-0.1, -0.05) is 6.07 Å². The number of fused-ring (bicyclic) bond motifs is 3. The first-order chi connectivity index (χ1) is 12.5. The van der Waals surface area contributed by atoms with Crippen molar-refractivity contribution < 1.29 is 14.4 Å². The van der Waals surface area contributed by atoms with Crippen molar-refractivity contribution in [3.8, 4) is 0 Å². The first-order valence-corrected chi connectivity index (χ1v) is 8.75. The fourth-order valence-corrected chi connectivity index (χ4v) is 3.64. The highest BCUT2D eigenvalue weighted by Gasteiger charge is 2.30. The van der Waals surface area contributed by atoms with Crippen LogP contribution in [0.15, 0.2) is 36.5 Å². The molecule has 1 fully saturated rings. The third-order valence-corrected chi connectivity index (χ3v) is 4.91. The van der Waals surface area contributed by atoms with Gasteiger partial charge in [0.1, 0.15) is 17.5 Å². The molecule has 1 unspecified atom stereocenters. The summed E-state index contributed by atoms with van der Waals surface area (Å²) in [6, 6.07) is 9.46. The Morgan fingerprint density at radius 3 is 2.88 bits per heavy atom. The van der Waals surface area contributed by atoms with Gasteiger partial charge < -0.3 is 9.36 Å². The largest absolute Gasteiger partial charge is 0.313 e. The number of rotatable bonds is 4. The summed E-state index contributed by atoms with van der Waals surface area (Å²) in [6.45, 7) is 1.59. The van der Waals surface area contributed by atoms with Gasteiger partial charge >= 0.3 is 0 Å². The number of nitrogens with one attached hydrogen (secondary N) is 1. The van der Waals surface area contributed by atoms with Gasteiger partial charge in [-0.15, -0.1) is 0 Å². The molecule has 3 heterocycles. The lowest BCUT2D eigenvalue weighted by molar-refractivity contribution is -0.135. The van der Waals surface area contributed by atoms with Crippen LogP contribution in [-0.2, 0) is 20.8 Å². The number of hydrogen-bond donors (Lipinski definition) is 1. The summed E-state index contributed by atoms with van der Waals surface area (Å²) in [6.07, 6.45) is 3.69. The average molecular weight is 349 g/mol. The molecule has 6 heteroatoms. The van der Waals surface area contributed by atoms with E-state index >= 15 is 0 Å². The molecule has 6 nitrogen and oxygen atoms in total. The molecule has 1 N–H and O–H groups in total. The zero-order valence-corrected chi connectivity index (χ0v) is 14.5. The topological polar surface area (TPSA) is 81.1 Å². The maximum atomic E-state index is 12.4. The molecule has 3 aromatic rings. The molecule has 0 bridgehead atoms. The maximum absolute atomic E-state index is 12.4. The molecule has 132 valence electrons. The summed E-state index contributed by atoms with van der Waals surface area (Å²) in [5.74, 6) is -0.351. The SMILES string of the molecule is CC(=O)CCc1ccc2c(c1)c1cccnc1n2C1CCC(=O)NC1=O. The highest BCUT2D eigenvalue weighted by Crippen LogP contribution is 2.34. The van der Waals surface area contributed by atoms with E-state index in [1.54, 1.807) is 13.1 Å². The van der Waals surface area contributed by atoms with Gasteiger partial charge in [-0.3, -0.25) is 14.9 Å². The van der Waals surface area contributed by atoms with E-state index < -0.39 is 6.04 Å². The van der Waals surface area contributed by atoms with E-state index in [2.05, 4.69) is 16.4 Å². The zero-order chi connectivity index (χ0) is 18.3. The molecular weight excluding hydrogens is 330 g/mol. The molecule has 0 radical (unpaired) electrons. The minimum absolute atomic E-state index is 0.165. The molecule has 0 spiro atoms. The molecule has 1 atom stereocenters. The van der Waals surface area contributed by atoms with Gasteiger partial charge in [0.05, 0.1) is 5.52 Å². The molecular formula is C20H19N3O3. The van der Waals surface area contributed by atoms with E-state index in [9.17, 15) is 14.4 Å². The molecule has 1 aliphatic rings. The van der Waals surface area contributed by atoms with Crippen molar-refractivity contribution in [1.29, 1.82) is 0 Å². The molecule has 2 aromatic heterocycles. The first-order valence-electron chi connectivity index (χ1n) is 8.75. The van der Waals surface area contributed by atoms with Crippen LogP contribution < -0.4 is 5.32 Å². The minimum Gasteiger partial charge on any atom is -0.313 e. The molecule has 1 saturated heterocycles. The number of nitrogens with zero attached hydrogens (tertiary/aromatic N) is 2. The van der Waals surface area contributed by atoms with Crippen LogP contribution in [-0.4, -0.2) is 27.1 Å². The first kappa shape index (κ1) is 16.4. The number of piperidine rings is 1. The van der Waals surface area contributed by atoms with Crippen LogP contribution in [0.3, 0.4) is 0 Å². The highest BCUT2D eigenvalue weighted by molar-refractivity contribution is 6.09. The summed E-state index contributed by atoms with van der Waals surface area (Å²) in [4.78, 5) is 39.7. The lowest BCUT2D eigenvalue weighted by Crippen LogP contribution is -2.41. The van der Waals surface area contributed by atoms with E-state index in [1.807, 2.05) is 28.8 Å². The number of pyridine rings is 1. The van der Waals surface area contributed by atoms with E-state index in [0.29, 0.717) is 25.7 Å². The van der Waals surface area contributed by atoms with Crippen molar-refractivity contribution in [1.82, 2.24) is 14.9 Å². The fraction of sp³-hybridized carbons (Fsp3) is 0.300. The van der Waals surface area contributed by atoms with Crippen LogP contribution in [0.2, 0.25) is 0 Å². The van der Waals surface area contributed by atoms with E-state index in [0.717, 1.165) is 27.5 Å². The van der Waals surface area contributed by atoms with Crippen LogP contribution in [0.4, 0.5) is 0 Å². The Bertz CT molecular complexity index is 1050. The van der Waals surface area contributed by atoms with E-state index in [-0.39, 0.29) is 17.6 Å². The third-order valence-electron chi connectivity index (χ3n) is 4.91. The summed E-state index contributed by atoms with van der Waals surface area (Å²) >= 11 is 0. The Labute approximate surface area is 150 Å². The number of carbonyl (C=O) groups excluding carboxylic acids is 3. The molecule has 1 aliphatic heterocycles. The van der Waals surface area contributed by atoms with Crippen molar-refractivity contribution in [3.63, 3.8) is 0 Å². The third kappa shape index (κ3) is 2.77. The van der Waals surface area contributed by atoms with Crippen LogP contribution >= 0.6 is 0 Å². The number of ketones is 1. The molecule has 0 saturated carbocycles. The summed E-state index contributed by atoms with van der Waals surface area (Å²) in [5, 5.41) is 4.41. The highest BCUT2D eigenvalue weighted by atomic mass is 16.2. The number of amides is 2. The second-order valence-electron chi connectivity index (χ2n) is 6.76. The summed E-state index contributed by atoms with van der Waals surface area (Å²) in [5.41, 5.74) is 2.74. The number of hydrogen-bond acceptors (Lipinski definition) is 4. The van der Waals surface area contributed by atoms with Crippen LogP contribution in [0.1, 0.15) is 37.8 Å². The lowest BCUT2D eigenvalue weighted by Gasteiger charge is -2.23. The van der Waals surface area contributed by atoms with Gasteiger partial charge in [0.15, 0.2) is 0 Å².